The van der Waals surface area contributed by atoms with Crippen LogP contribution >= 0.6 is 0 Å². The van der Waals surface area contributed by atoms with Crippen LogP contribution in [0.1, 0.15) is 37.8 Å². The Hall–Kier alpha value is -1.55. The highest BCUT2D eigenvalue weighted by Gasteiger charge is 2.32. The first-order valence-electron chi connectivity index (χ1n) is 7.22. The Bertz CT molecular complexity index is 444. The van der Waals surface area contributed by atoms with Gasteiger partial charge in [0.15, 0.2) is 0 Å². The maximum Gasteiger partial charge on any atom is 0.306 e. The van der Waals surface area contributed by atoms with Crippen LogP contribution in [-0.4, -0.2) is 24.7 Å². The van der Waals surface area contributed by atoms with Crippen molar-refractivity contribution in [1.82, 2.24) is 5.32 Å². The molecule has 0 saturated heterocycles. The van der Waals surface area contributed by atoms with Gasteiger partial charge >= 0.3 is 5.97 Å². The summed E-state index contributed by atoms with van der Waals surface area (Å²) in [5, 5.41) is 12.6. The van der Waals surface area contributed by atoms with E-state index in [1.807, 2.05) is 24.3 Å². The van der Waals surface area contributed by atoms with Crippen molar-refractivity contribution >= 4 is 5.97 Å². The molecule has 0 spiro atoms. The number of nitrogens with one attached hydrogen (secondary N) is 1. The summed E-state index contributed by atoms with van der Waals surface area (Å²) in [5.41, 5.74) is 1.19. The van der Waals surface area contributed by atoms with E-state index in [1.54, 1.807) is 7.11 Å². The number of hydrogen-bond acceptors (Lipinski definition) is 3. The first-order chi connectivity index (χ1) is 9.61. The SMILES string of the molecule is COc1ccc(C(C)NCC2CCCC2C(=O)O)cc1. The summed E-state index contributed by atoms with van der Waals surface area (Å²) in [7, 11) is 1.66. The summed E-state index contributed by atoms with van der Waals surface area (Å²) in [6.07, 6.45) is 2.86. The number of carboxylic acids is 1. The van der Waals surface area contributed by atoms with Crippen molar-refractivity contribution < 1.29 is 14.6 Å². The fourth-order valence-corrected chi connectivity index (χ4v) is 2.94. The van der Waals surface area contributed by atoms with E-state index < -0.39 is 5.97 Å². The summed E-state index contributed by atoms with van der Waals surface area (Å²) in [6.45, 7) is 2.87. The molecule has 3 unspecified atom stereocenters. The quantitative estimate of drug-likeness (QED) is 0.839. The zero-order valence-corrected chi connectivity index (χ0v) is 12.1. The van der Waals surface area contributed by atoms with Crippen molar-refractivity contribution in [3.05, 3.63) is 29.8 Å². The molecule has 1 fully saturated rings. The normalized spacial score (nSPS) is 23.5. The lowest BCUT2D eigenvalue weighted by atomic mass is 9.95. The van der Waals surface area contributed by atoms with Crippen LogP contribution in [-0.2, 0) is 4.79 Å². The highest BCUT2D eigenvalue weighted by atomic mass is 16.5. The average molecular weight is 277 g/mol. The number of aliphatic carboxylic acids is 1. The van der Waals surface area contributed by atoms with Crippen molar-refractivity contribution in [1.29, 1.82) is 0 Å². The fourth-order valence-electron chi connectivity index (χ4n) is 2.94. The molecular formula is C16H23NO3. The molecule has 0 aliphatic heterocycles. The molecule has 1 aromatic carbocycles. The molecule has 0 amide bonds. The minimum absolute atomic E-state index is 0.175. The van der Waals surface area contributed by atoms with Gasteiger partial charge in [0.2, 0.25) is 0 Å². The van der Waals surface area contributed by atoms with Gasteiger partial charge in [-0.2, -0.15) is 0 Å². The Balaban J connectivity index is 1.87. The standard InChI is InChI=1S/C16H23NO3/c1-11(12-6-8-14(20-2)9-7-12)17-10-13-4-3-5-15(13)16(18)19/h6-9,11,13,15,17H,3-5,10H2,1-2H3,(H,18,19). The molecule has 20 heavy (non-hydrogen) atoms. The van der Waals surface area contributed by atoms with E-state index in [4.69, 9.17) is 4.74 Å². The Kier molecular flexibility index (Phi) is 5.01. The van der Waals surface area contributed by atoms with Crippen molar-refractivity contribution in [2.24, 2.45) is 11.8 Å². The molecule has 1 aliphatic rings. The number of rotatable bonds is 6. The summed E-state index contributed by atoms with van der Waals surface area (Å²) in [5.74, 6) is 0.285. The van der Waals surface area contributed by atoms with Crippen LogP contribution in [0.15, 0.2) is 24.3 Å². The van der Waals surface area contributed by atoms with Gasteiger partial charge in [-0.1, -0.05) is 18.6 Å². The molecule has 1 aliphatic carbocycles. The van der Waals surface area contributed by atoms with E-state index in [1.165, 1.54) is 5.56 Å². The van der Waals surface area contributed by atoms with Crippen LogP contribution in [0.5, 0.6) is 5.75 Å². The first-order valence-corrected chi connectivity index (χ1v) is 7.22. The third-order valence-electron chi connectivity index (χ3n) is 4.28. The Labute approximate surface area is 120 Å². The molecule has 110 valence electrons. The van der Waals surface area contributed by atoms with Gasteiger partial charge in [0, 0.05) is 6.04 Å². The molecule has 1 aromatic rings. The number of carbonyl (C=O) groups is 1. The summed E-state index contributed by atoms with van der Waals surface area (Å²) < 4.78 is 5.14. The molecule has 0 radical (unpaired) electrons. The molecule has 0 aromatic heterocycles. The van der Waals surface area contributed by atoms with Gasteiger partial charge in [-0.05, 0) is 49.9 Å². The van der Waals surface area contributed by atoms with Gasteiger partial charge in [-0.25, -0.2) is 0 Å². The Morgan fingerprint density at radius 2 is 2.10 bits per heavy atom. The maximum absolute atomic E-state index is 11.2. The molecule has 4 nitrogen and oxygen atoms in total. The Morgan fingerprint density at radius 1 is 1.40 bits per heavy atom. The molecule has 3 atom stereocenters. The second-order valence-corrected chi connectivity index (χ2v) is 5.54. The van der Waals surface area contributed by atoms with Crippen LogP contribution < -0.4 is 10.1 Å². The van der Waals surface area contributed by atoms with E-state index in [0.717, 1.165) is 31.6 Å². The molecule has 2 N–H and O–H groups in total. The molecule has 4 heteroatoms. The summed E-state index contributed by atoms with van der Waals surface area (Å²) >= 11 is 0. The molecule has 0 heterocycles. The lowest BCUT2D eigenvalue weighted by molar-refractivity contribution is -0.142. The van der Waals surface area contributed by atoms with Crippen LogP contribution in [0.2, 0.25) is 0 Å². The van der Waals surface area contributed by atoms with Crippen molar-refractivity contribution in [2.75, 3.05) is 13.7 Å². The van der Waals surface area contributed by atoms with E-state index in [-0.39, 0.29) is 17.9 Å². The topological polar surface area (TPSA) is 58.6 Å². The van der Waals surface area contributed by atoms with Gasteiger partial charge in [-0.15, -0.1) is 0 Å². The third kappa shape index (κ3) is 3.51. The predicted octanol–water partition coefficient (Wildman–Crippen LogP) is 2.85. The lowest BCUT2D eigenvalue weighted by Crippen LogP contribution is -2.30. The number of benzene rings is 1. The maximum atomic E-state index is 11.2. The van der Waals surface area contributed by atoms with Gasteiger partial charge < -0.3 is 15.2 Å². The fraction of sp³-hybridized carbons (Fsp3) is 0.562. The van der Waals surface area contributed by atoms with Gasteiger partial charge in [-0.3, -0.25) is 4.79 Å². The largest absolute Gasteiger partial charge is 0.497 e. The van der Waals surface area contributed by atoms with Crippen LogP contribution in [0.3, 0.4) is 0 Å². The van der Waals surface area contributed by atoms with Crippen LogP contribution in [0, 0.1) is 11.8 Å². The molecule has 2 rings (SSSR count). The van der Waals surface area contributed by atoms with E-state index in [9.17, 15) is 9.90 Å². The minimum Gasteiger partial charge on any atom is -0.497 e. The van der Waals surface area contributed by atoms with Crippen molar-refractivity contribution in [3.63, 3.8) is 0 Å². The summed E-state index contributed by atoms with van der Waals surface area (Å²) in [6, 6.07) is 8.20. The second-order valence-electron chi connectivity index (χ2n) is 5.54. The number of ether oxygens (including phenoxy) is 1. The molecular weight excluding hydrogens is 254 g/mol. The smallest absolute Gasteiger partial charge is 0.306 e. The summed E-state index contributed by atoms with van der Waals surface area (Å²) in [4.78, 5) is 11.2. The Morgan fingerprint density at radius 3 is 2.70 bits per heavy atom. The van der Waals surface area contributed by atoms with Crippen LogP contribution in [0.25, 0.3) is 0 Å². The molecule has 1 saturated carbocycles. The number of methoxy groups -OCH3 is 1. The minimum atomic E-state index is -0.647. The second kappa shape index (κ2) is 6.75. The first kappa shape index (κ1) is 14.9. The third-order valence-corrected chi connectivity index (χ3v) is 4.28. The number of hydrogen-bond donors (Lipinski definition) is 2. The monoisotopic (exact) mass is 277 g/mol. The van der Waals surface area contributed by atoms with Crippen LogP contribution in [0.4, 0.5) is 0 Å². The van der Waals surface area contributed by atoms with Crippen molar-refractivity contribution in [3.8, 4) is 5.75 Å². The van der Waals surface area contributed by atoms with Gasteiger partial charge in [0.1, 0.15) is 5.75 Å². The predicted molar refractivity (Wildman–Crippen MR) is 77.9 cm³/mol. The van der Waals surface area contributed by atoms with E-state index in [0.29, 0.717) is 0 Å². The lowest BCUT2D eigenvalue weighted by Gasteiger charge is -2.20. The highest BCUT2D eigenvalue weighted by molar-refractivity contribution is 5.70. The van der Waals surface area contributed by atoms with Crippen molar-refractivity contribution in [2.45, 2.75) is 32.2 Å². The number of carboxylic acid groups (broad SMARTS) is 1. The van der Waals surface area contributed by atoms with E-state index >= 15 is 0 Å². The van der Waals surface area contributed by atoms with E-state index in [2.05, 4.69) is 12.2 Å². The van der Waals surface area contributed by atoms with Gasteiger partial charge in [0.25, 0.3) is 0 Å². The average Bonchev–Trinajstić information content (AvgIpc) is 2.93. The van der Waals surface area contributed by atoms with Gasteiger partial charge in [0.05, 0.1) is 13.0 Å². The molecule has 0 bridgehead atoms. The zero-order chi connectivity index (χ0) is 14.5. The highest BCUT2D eigenvalue weighted by Crippen LogP contribution is 2.31. The zero-order valence-electron chi connectivity index (χ0n) is 12.1.